The number of carbonyl (C=O) groups is 2. The van der Waals surface area contributed by atoms with Gasteiger partial charge in [0, 0.05) is 52.0 Å². The normalized spacial score (nSPS) is 14.2. The van der Waals surface area contributed by atoms with Gasteiger partial charge < -0.3 is 19.1 Å². The number of anilines is 1. The third-order valence-corrected chi connectivity index (χ3v) is 5.59. The van der Waals surface area contributed by atoms with Crippen LogP contribution in [0.5, 0.6) is 5.75 Å². The smallest absolute Gasteiger partial charge is 0.406 e. The number of benzene rings is 1. The maximum atomic E-state index is 13.0. The first-order valence-electron chi connectivity index (χ1n) is 11.0. The monoisotopic (exact) mass is 487 g/mol. The van der Waals surface area contributed by atoms with Crippen molar-refractivity contribution in [1.29, 1.82) is 0 Å². The van der Waals surface area contributed by atoms with Crippen molar-refractivity contribution in [2.45, 2.75) is 19.2 Å². The van der Waals surface area contributed by atoms with E-state index in [1.165, 1.54) is 24.3 Å². The lowest BCUT2D eigenvalue weighted by Crippen LogP contribution is -2.49. The van der Waals surface area contributed by atoms with Gasteiger partial charge in [0.15, 0.2) is 5.82 Å². The number of pyridine rings is 1. The van der Waals surface area contributed by atoms with Crippen molar-refractivity contribution in [2.24, 2.45) is 7.05 Å². The van der Waals surface area contributed by atoms with Gasteiger partial charge in [-0.2, -0.15) is 0 Å². The Labute approximate surface area is 200 Å². The second-order valence-corrected chi connectivity index (χ2v) is 8.22. The largest absolute Gasteiger partial charge is 0.573 e. The van der Waals surface area contributed by atoms with E-state index in [1.54, 1.807) is 28.9 Å². The molecule has 35 heavy (non-hydrogen) atoms. The van der Waals surface area contributed by atoms with Crippen LogP contribution in [0.15, 0.2) is 54.9 Å². The number of hydrogen-bond donors (Lipinski definition) is 0. The molecule has 11 heteroatoms. The third kappa shape index (κ3) is 6.37. The van der Waals surface area contributed by atoms with Crippen LogP contribution in [-0.4, -0.2) is 63.7 Å². The minimum atomic E-state index is -4.77. The summed E-state index contributed by atoms with van der Waals surface area (Å²) in [4.78, 5) is 38.1. The number of piperazine rings is 1. The summed E-state index contributed by atoms with van der Waals surface area (Å²) < 4.78 is 42.3. The quantitative estimate of drug-likeness (QED) is 0.510. The van der Waals surface area contributed by atoms with Crippen LogP contribution >= 0.6 is 0 Å². The number of Topliss-reactive ketones (excluding diaryl/α,β-unsaturated/α-hetero) is 1. The summed E-state index contributed by atoms with van der Waals surface area (Å²) in [5.41, 5.74) is 1.02. The molecule has 1 fully saturated rings. The molecule has 0 unspecified atom stereocenters. The van der Waals surface area contributed by atoms with Crippen molar-refractivity contribution in [1.82, 2.24) is 19.4 Å². The summed E-state index contributed by atoms with van der Waals surface area (Å²) in [6.07, 6.45) is -1.34. The highest BCUT2D eigenvalue weighted by atomic mass is 19.4. The Morgan fingerprint density at radius 1 is 1.00 bits per heavy atom. The summed E-state index contributed by atoms with van der Waals surface area (Å²) in [6, 6.07) is 10.9. The molecule has 3 aromatic rings. The van der Waals surface area contributed by atoms with Gasteiger partial charge in [-0.05, 0) is 29.8 Å². The van der Waals surface area contributed by atoms with E-state index in [2.05, 4.69) is 19.6 Å². The molecule has 1 aliphatic rings. The first-order chi connectivity index (χ1) is 16.7. The fourth-order valence-corrected chi connectivity index (χ4v) is 3.93. The number of nitrogens with zero attached hydrogens (tertiary/aromatic N) is 5. The molecule has 2 aromatic heterocycles. The SMILES string of the molecule is Cn1cc(CC(=O)Cc2ccc(OC(F)(F)F)cc2)nc1C(=O)N1CCN(c2ccccn2)CC1. The first kappa shape index (κ1) is 24.2. The van der Waals surface area contributed by atoms with Crippen molar-refractivity contribution in [3.63, 3.8) is 0 Å². The van der Waals surface area contributed by atoms with Crippen LogP contribution in [0.3, 0.4) is 0 Å². The van der Waals surface area contributed by atoms with Crippen molar-refractivity contribution in [3.05, 3.63) is 71.9 Å². The van der Waals surface area contributed by atoms with Crippen LogP contribution in [0.1, 0.15) is 21.9 Å². The molecule has 0 bridgehead atoms. The fraction of sp³-hybridized carbons (Fsp3) is 0.333. The van der Waals surface area contributed by atoms with Crippen molar-refractivity contribution in [2.75, 3.05) is 31.1 Å². The highest BCUT2D eigenvalue weighted by molar-refractivity contribution is 5.91. The lowest BCUT2D eigenvalue weighted by Gasteiger charge is -2.35. The third-order valence-electron chi connectivity index (χ3n) is 5.59. The Morgan fingerprint density at radius 3 is 2.34 bits per heavy atom. The molecule has 0 atom stereocenters. The molecule has 0 radical (unpaired) electrons. The van der Waals surface area contributed by atoms with Gasteiger partial charge >= 0.3 is 6.36 Å². The van der Waals surface area contributed by atoms with E-state index in [0.717, 1.165) is 5.82 Å². The molecule has 0 saturated carbocycles. The number of aromatic nitrogens is 3. The number of aryl methyl sites for hydroxylation is 1. The number of halogens is 3. The van der Waals surface area contributed by atoms with Gasteiger partial charge in [0.25, 0.3) is 5.91 Å². The maximum absolute atomic E-state index is 13.0. The van der Waals surface area contributed by atoms with Crippen molar-refractivity contribution < 1.29 is 27.5 Å². The number of amides is 1. The molecular formula is C24H24F3N5O3. The summed E-state index contributed by atoms with van der Waals surface area (Å²) in [7, 11) is 1.71. The highest BCUT2D eigenvalue weighted by Crippen LogP contribution is 2.23. The van der Waals surface area contributed by atoms with Crippen LogP contribution < -0.4 is 9.64 Å². The molecule has 1 aromatic carbocycles. The van der Waals surface area contributed by atoms with Crippen LogP contribution in [0.25, 0.3) is 0 Å². The van der Waals surface area contributed by atoms with Crippen LogP contribution in [-0.2, 0) is 24.7 Å². The lowest BCUT2D eigenvalue weighted by atomic mass is 10.1. The van der Waals surface area contributed by atoms with Crippen LogP contribution in [0.4, 0.5) is 19.0 Å². The molecule has 1 aliphatic heterocycles. The van der Waals surface area contributed by atoms with Gasteiger partial charge in [0.1, 0.15) is 17.4 Å². The number of carbonyl (C=O) groups excluding carboxylic acids is 2. The Hall–Kier alpha value is -3.89. The average Bonchev–Trinajstić information content (AvgIpc) is 3.19. The molecular weight excluding hydrogens is 463 g/mol. The zero-order chi connectivity index (χ0) is 25.0. The van der Waals surface area contributed by atoms with Gasteiger partial charge in [0.2, 0.25) is 0 Å². The lowest BCUT2D eigenvalue weighted by molar-refractivity contribution is -0.274. The van der Waals surface area contributed by atoms with E-state index >= 15 is 0 Å². The van der Waals surface area contributed by atoms with E-state index < -0.39 is 6.36 Å². The number of ether oxygens (including phenoxy) is 1. The Bertz CT molecular complexity index is 1170. The first-order valence-corrected chi connectivity index (χ1v) is 11.0. The van der Waals surface area contributed by atoms with Gasteiger partial charge in [-0.15, -0.1) is 13.2 Å². The Balaban J connectivity index is 1.32. The van der Waals surface area contributed by atoms with Crippen molar-refractivity contribution in [3.8, 4) is 5.75 Å². The minimum absolute atomic E-state index is 0.00930. The van der Waals surface area contributed by atoms with E-state index in [4.69, 9.17) is 0 Å². The van der Waals surface area contributed by atoms with E-state index in [9.17, 15) is 22.8 Å². The molecule has 184 valence electrons. The Morgan fingerprint density at radius 2 is 1.71 bits per heavy atom. The van der Waals surface area contributed by atoms with Crippen LogP contribution in [0, 0.1) is 0 Å². The van der Waals surface area contributed by atoms with Gasteiger partial charge in [-0.3, -0.25) is 9.59 Å². The summed E-state index contributed by atoms with van der Waals surface area (Å²) >= 11 is 0. The predicted molar refractivity (Wildman–Crippen MR) is 121 cm³/mol. The van der Waals surface area contributed by atoms with Gasteiger partial charge in [-0.1, -0.05) is 18.2 Å². The van der Waals surface area contributed by atoms with Crippen molar-refractivity contribution >= 4 is 17.5 Å². The molecule has 1 saturated heterocycles. The summed E-state index contributed by atoms with van der Waals surface area (Å²) in [6.45, 7) is 2.38. The molecule has 3 heterocycles. The zero-order valence-electron chi connectivity index (χ0n) is 19.0. The molecule has 1 amide bonds. The number of imidazole rings is 1. The summed E-state index contributed by atoms with van der Waals surface area (Å²) in [5.74, 6) is 0.415. The van der Waals surface area contributed by atoms with E-state index in [-0.39, 0.29) is 36.1 Å². The molecule has 0 spiro atoms. The van der Waals surface area contributed by atoms with Gasteiger partial charge in [-0.25, -0.2) is 9.97 Å². The van der Waals surface area contributed by atoms with Crippen LogP contribution in [0.2, 0.25) is 0 Å². The van der Waals surface area contributed by atoms with E-state index in [1.807, 2.05) is 18.2 Å². The minimum Gasteiger partial charge on any atom is -0.406 e. The second-order valence-electron chi connectivity index (χ2n) is 8.22. The molecule has 8 nitrogen and oxygen atoms in total. The van der Waals surface area contributed by atoms with E-state index in [0.29, 0.717) is 37.4 Å². The number of alkyl halides is 3. The molecule has 0 aliphatic carbocycles. The number of ketones is 1. The predicted octanol–water partition coefficient (Wildman–Crippen LogP) is 3.03. The maximum Gasteiger partial charge on any atom is 0.573 e. The highest BCUT2D eigenvalue weighted by Gasteiger charge is 2.31. The number of hydrogen-bond acceptors (Lipinski definition) is 6. The van der Waals surface area contributed by atoms with Gasteiger partial charge in [0.05, 0.1) is 12.1 Å². The standard InChI is InChI=1S/C24H24F3N5O3/c1-30-16-18(15-19(33)14-17-5-7-20(8-6-17)35-24(25,26)27)29-22(30)23(34)32-12-10-31(11-13-32)21-4-2-3-9-28-21/h2-9,16H,10-15H2,1H3. The Kier molecular flexibility index (Phi) is 7.04. The topological polar surface area (TPSA) is 80.6 Å². The molecule has 4 rings (SSSR count). The fourth-order valence-electron chi connectivity index (χ4n) is 3.93. The number of rotatable bonds is 7. The zero-order valence-corrected chi connectivity index (χ0v) is 19.0. The second kappa shape index (κ2) is 10.2. The average molecular weight is 487 g/mol. The molecule has 0 N–H and O–H groups in total. The summed E-state index contributed by atoms with van der Waals surface area (Å²) in [5, 5.41) is 0.